The summed E-state index contributed by atoms with van der Waals surface area (Å²) in [6.07, 6.45) is -0.506. The molecule has 0 aliphatic carbocycles. The third-order valence-electron chi connectivity index (χ3n) is 1.78. The maximum Gasteiger partial charge on any atom is 0.326 e. The first-order chi connectivity index (χ1) is 7.97. The van der Waals surface area contributed by atoms with Crippen molar-refractivity contribution < 1.29 is 29.3 Å². The van der Waals surface area contributed by atoms with Crippen LogP contribution in [0.2, 0.25) is 0 Å². The third-order valence-corrected chi connectivity index (χ3v) is 1.78. The average molecular weight is 248 g/mol. The number of carbonyl (C=O) groups is 3. The Morgan fingerprint density at radius 1 is 1.29 bits per heavy atom. The molecule has 0 rings (SSSR count). The van der Waals surface area contributed by atoms with Crippen molar-refractivity contribution in [1.82, 2.24) is 5.32 Å². The van der Waals surface area contributed by atoms with Gasteiger partial charge < -0.3 is 26.0 Å². The number of rotatable bonds is 9. The highest BCUT2D eigenvalue weighted by molar-refractivity contribution is 5.84. The van der Waals surface area contributed by atoms with E-state index in [9.17, 15) is 14.4 Å². The number of hydrogen-bond acceptors (Lipinski definition) is 5. The van der Waals surface area contributed by atoms with Crippen LogP contribution in [-0.2, 0) is 19.1 Å². The van der Waals surface area contributed by atoms with Crippen molar-refractivity contribution in [1.29, 1.82) is 0 Å². The summed E-state index contributed by atoms with van der Waals surface area (Å²) in [5.74, 6) is -3.01. The van der Waals surface area contributed by atoms with Gasteiger partial charge in [-0.2, -0.15) is 0 Å². The zero-order valence-corrected chi connectivity index (χ0v) is 9.22. The molecule has 1 atom stereocenters. The molecular formula is C9H16N2O6. The van der Waals surface area contributed by atoms with Crippen LogP contribution < -0.4 is 11.1 Å². The van der Waals surface area contributed by atoms with Crippen molar-refractivity contribution in [2.24, 2.45) is 5.73 Å². The summed E-state index contributed by atoms with van der Waals surface area (Å²) in [6, 6.07) is -1.22. The molecule has 0 aliphatic heterocycles. The van der Waals surface area contributed by atoms with Crippen molar-refractivity contribution >= 4 is 17.8 Å². The molecule has 8 nitrogen and oxygen atoms in total. The molecule has 0 bridgehead atoms. The predicted molar refractivity (Wildman–Crippen MR) is 56.3 cm³/mol. The summed E-state index contributed by atoms with van der Waals surface area (Å²) < 4.78 is 4.80. The number of hydrogen-bond donors (Lipinski definition) is 4. The zero-order chi connectivity index (χ0) is 13.3. The number of carbonyl (C=O) groups excluding carboxylic acids is 1. The fourth-order valence-corrected chi connectivity index (χ4v) is 1.01. The van der Waals surface area contributed by atoms with Gasteiger partial charge in [0.15, 0.2) is 0 Å². The van der Waals surface area contributed by atoms with Crippen molar-refractivity contribution in [3.8, 4) is 0 Å². The molecule has 0 aromatic rings. The molecule has 8 heteroatoms. The summed E-state index contributed by atoms with van der Waals surface area (Å²) >= 11 is 0. The van der Waals surface area contributed by atoms with Crippen LogP contribution in [0.25, 0.3) is 0 Å². The predicted octanol–water partition coefficient (Wildman–Crippen LogP) is -1.60. The molecule has 0 aromatic heterocycles. The molecule has 0 unspecified atom stereocenters. The number of ether oxygens (including phenoxy) is 1. The van der Waals surface area contributed by atoms with E-state index in [1.807, 2.05) is 0 Å². The fraction of sp³-hybridized carbons (Fsp3) is 0.667. The van der Waals surface area contributed by atoms with Gasteiger partial charge in [-0.15, -0.1) is 0 Å². The highest BCUT2D eigenvalue weighted by Gasteiger charge is 2.20. The summed E-state index contributed by atoms with van der Waals surface area (Å²) in [5.41, 5.74) is 5.13. The number of nitrogens with one attached hydrogen (secondary N) is 1. The number of carboxylic acid groups (broad SMARTS) is 2. The summed E-state index contributed by atoms with van der Waals surface area (Å²) in [4.78, 5) is 32.2. The molecule has 0 saturated heterocycles. The Morgan fingerprint density at radius 2 is 1.94 bits per heavy atom. The molecular weight excluding hydrogens is 232 g/mol. The van der Waals surface area contributed by atoms with E-state index in [1.165, 1.54) is 0 Å². The van der Waals surface area contributed by atoms with Crippen LogP contribution in [0.5, 0.6) is 0 Å². The van der Waals surface area contributed by atoms with Crippen LogP contribution in [0.15, 0.2) is 0 Å². The average Bonchev–Trinajstić information content (AvgIpc) is 2.23. The molecule has 17 heavy (non-hydrogen) atoms. The van der Waals surface area contributed by atoms with Gasteiger partial charge in [-0.3, -0.25) is 9.59 Å². The minimum absolute atomic E-state index is 0.173. The van der Waals surface area contributed by atoms with E-state index < -0.39 is 23.9 Å². The van der Waals surface area contributed by atoms with E-state index in [4.69, 9.17) is 20.7 Å². The van der Waals surface area contributed by atoms with Gasteiger partial charge in [0, 0.05) is 13.0 Å². The van der Waals surface area contributed by atoms with E-state index in [0.29, 0.717) is 0 Å². The zero-order valence-electron chi connectivity index (χ0n) is 9.22. The standard InChI is InChI=1S/C9H16N2O6/c10-3-4-17-5-7(12)11-6(9(15)16)1-2-8(13)14/h6H,1-5,10H2,(H,11,12)(H,13,14)(H,15,16)/t6-/m0/s1. The first-order valence-corrected chi connectivity index (χ1v) is 4.99. The molecule has 0 spiro atoms. The van der Waals surface area contributed by atoms with E-state index in [1.54, 1.807) is 0 Å². The Bertz CT molecular complexity index is 281. The molecule has 0 fully saturated rings. The first-order valence-electron chi connectivity index (χ1n) is 4.99. The van der Waals surface area contributed by atoms with Gasteiger partial charge >= 0.3 is 11.9 Å². The van der Waals surface area contributed by atoms with Crippen LogP contribution in [0, 0.1) is 0 Å². The van der Waals surface area contributed by atoms with Gasteiger partial charge in [0.25, 0.3) is 0 Å². The Labute approximate surface area is 97.7 Å². The third kappa shape index (κ3) is 8.17. The summed E-state index contributed by atoms with van der Waals surface area (Å²) in [5, 5.41) is 19.3. The van der Waals surface area contributed by atoms with Crippen LogP contribution in [0.1, 0.15) is 12.8 Å². The maximum atomic E-state index is 11.2. The van der Waals surface area contributed by atoms with Crippen molar-refractivity contribution in [2.45, 2.75) is 18.9 Å². The second-order valence-corrected chi connectivity index (χ2v) is 3.23. The first kappa shape index (κ1) is 15.3. The van der Waals surface area contributed by atoms with E-state index in [2.05, 4.69) is 5.32 Å². The van der Waals surface area contributed by atoms with Gasteiger partial charge in [-0.25, -0.2) is 4.79 Å². The highest BCUT2D eigenvalue weighted by atomic mass is 16.5. The lowest BCUT2D eigenvalue weighted by Gasteiger charge is -2.13. The van der Waals surface area contributed by atoms with Crippen molar-refractivity contribution in [2.75, 3.05) is 19.8 Å². The fourth-order valence-electron chi connectivity index (χ4n) is 1.01. The number of nitrogens with two attached hydrogens (primary N) is 1. The van der Waals surface area contributed by atoms with E-state index in [-0.39, 0.29) is 32.6 Å². The molecule has 0 saturated carbocycles. The molecule has 98 valence electrons. The minimum Gasteiger partial charge on any atom is -0.481 e. The van der Waals surface area contributed by atoms with Gasteiger partial charge in [0.1, 0.15) is 12.6 Å². The lowest BCUT2D eigenvalue weighted by molar-refractivity contribution is -0.143. The van der Waals surface area contributed by atoms with Gasteiger partial charge in [-0.1, -0.05) is 0 Å². The van der Waals surface area contributed by atoms with Crippen molar-refractivity contribution in [3.05, 3.63) is 0 Å². The molecule has 0 radical (unpaired) electrons. The summed E-state index contributed by atoms with van der Waals surface area (Å²) in [6.45, 7) is 0.156. The normalized spacial score (nSPS) is 11.8. The lowest BCUT2D eigenvalue weighted by atomic mass is 10.1. The highest BCUT2D eigenvalue weighted by Crippen LogP contribution is 1.98. The van der Waals surface area contributed by atoms with Gasteiger partial charge in [0.05, 0.1) is 6.61 Å². The number of aliphatic carboxylic acids is 2. The SMILES string of the molecule is NCCOCC(=O)N[C@@H](CCC(=O)O)C(=O)O. The molecule has 0 aliphatic rings. The van der Waals surface area contributed by atoms with Gasteiger partial charge in [0.2, 0.25) is 5.91 Å². The van der Waals surface area contributed by atoms with E-state index >= 15 is 0 Å². The maximum absolute atomic E-state index is 11.2. The Hall–Kier alpha value is -1.67. The molecule has 0 heterocycles. The van der Waals surface area contributed by atoms with Crippen LogP contribution in [-0.4, -0.2) is 53.9 Å². The van der Waals surface area contributed by atoms with Crippen LogP contribution in [0.4, 0.5) is 0 Å². The molecule has 5 N–H and O–H groups in total. The largest absolute Gasteiger partial charge is 0.481 e. The quantitative estimate of drug-likeness (QED) is 0.360. The van der Waals surface area contributed by atoms with Gasteiger partial charge in [-0.05, 0) is 6.42 Å². The Morgan fingerprint density at radius 3 is 2.41 bits per heavy atom. The van der Waals surface area contributed by atoms with Crippen LogP contribution >= 0.6 is 0 Å². The lowest BCUT2D eigenvalue weighted by Crippen LogP contribution is -2.42. The molecule has 0 aromatic carbocycles. The minimum atomic E-state index is -1.28. The smallest absolute Gasteiger partial charge is 0.326 e. The monoisotopic (exact) mass is 248 g/mol. The number of amides is 1. The summed E-state index contributed by atoms with van der Waals surface area (Å²) in [7, 11) is 0. The Kier molecular flexibility index (Phi) is 7.65. The van der Waals surface area contributed by atoms with Crippen molar-refractivity contribution in [3.63, 3.8) is 0 Å². The van der Waals surface area contributed by atoms with Crippen LogP contribution in [0.3, 0.4) is 0 Å². The van der Waals surface area contributed by atoms with E-state index in [0.717, 1.165) is 0 Å². The second-order valence-electron chi connectivity index (χ2n) is 3.23. The molecule has 1 amide bonds. The Balaban J connectivity index is 4.02. The second kappa shape index (κ2) is 8.48. The number of carboxylic acids is 2. The topological polar surface area (TPSA) is 139 Å².